The van der Waals surface area contributed by atoms with E-state index in [0.29, 0.717) is 18.2 Å². The minimum atomic E-state index is -0.131. The molecule has 3 aromatic rings. The molecule has 0 saturated heterocycles. The summed E-state index contributed by atoms with van der Waals surface area (Å²) in [6, 6.07) is 13.6. The Morgan fingerprint density at radius 1 is 1.03 bits per heavy atom. The van der Waals surface area contributed by atoms with Crippen LogP contribution in [0.15, 0.2) is 61.1 Å². The van der Waals surface area contributed by atoms with E-state index in [4.69, 9.17) is 0 Å². The van der Waals surface area contributed by atoms with Crippen molar-refractivity contribution in [1.29, 1.82) is 0 Å². The molecule has 150 valence electrons. The number of likely N-dealkylation sites (N-methyl/N-ethyl adjacent to an activating group) is 1. The van der Waals surface area contributed by atoms with E-state index >= 15 is 0 Å². The van der Waals surface area contributed by atoms with Crippen molar-refractivity contribution in [3.05, 3.63) is 77.9 Å². The number of hydrogen-bond donors (Lipinski definition) is 1. The Hall–Kier alpha value is -3.28. The van der Waals surface area contributed by atoms with Crippen LogP contribution in [0.2, 0.25) is 0 Å². The van der Waals surface area contributed by atoms with Crippen molar-refractivity contribution >= 4 is 17.5 Å². The molecule has 0 aliphatic carbocycles. The van der Waals surface area contributed by atoms with Crippen LogP contribution in [-0.4, -0.2) is 39.4 Å². The molecule has 0 fully saturated rings. The van der Waals surface area contributed by atoms with Crippen LogP contribution in [0.25, 0.3) is 0 Å². The van der Waals surface area contributed by atoms with Gasteiger partial charge >= 0.3 is 0 Å². The van der Waals surface area contributed by atoms with E-state index in [9.17, 15) is 4.79 Å². The molecular weight excluding hydrogens is 362 g/mol. The van der Waals surface area contributed by atoms with Gasteiger partial charge in [-0.1, -0.05) is 39.0 Å². The number of rotatable bonds is 6. The molecule has 6 heteroatoms. The predicted octanol–water partition coefficient (Wildman–Crippen LogP) is 4.23. The van der Waals surface area contributed by atoms with Gasteiger partial charge in [0.05, 0.1) is 0 Å². The van der Waals surface area contributed by atoms with Gasteiger partial charge in [-0.3, -0.25) is 9.78 Å². The summed E-state index contributed by atoms with van der Waals surface area (Å²) in [6.45, 7) is 7.08. The first-order valence-electron chi connectivity index (χ1n) is 9.68. The summed E-state index contributed by atoms with van der Waals surface area (Å²) >= 11 is 0. The van der Waals surface area contributed by atoms with Gasteiger partial charge in [-0.05, 0) is 47.2 Å². The van der Waals surface area contributed by atoms with Gasteiger partial charge in [-0.25, -0.2) is 9.97 Å². The van der Waals surface area contributed by atoms with Gasteiger partial charge in [0.2, 0.25) is 5.95 Å². The average Bonchev–Trinajstić information content (AvgIpc) is 2.72. The Balaban J connectivity index is 1.72. The van der Waals surface area contributed by atoms with Crippen LogP contribution in [0.5, 0.6) is 0 Å². The molecule has 0 aliphatic rings. The fourth-order valence-corrected chi connectivity index (χ4v) is 3.05. The zero-order valence-corrected chi connectivity index (χ0v) is 17.4. The molecule has 1 amide bonds. The zero-order valence-electron chi connectivity index (χ0n) is 17.4. The van der Waals surface area contributed by atoms with Crippen molar-refractivity contribution in [3.63, 3.8) is 0 Å². The summed E-state index contributed by atoms with van der Waals surface area (Å²) in [5, 5.41) is 3.27. The van der Waals surface area contributed by atoms with Gasteiger partial charge in [-0.15, -0.1) is 0 Å². The van der Waals surface area contributed by atoms with Crippen molar-refractivity contribution < 1.29 is 4.79 Å². The highest BCUT2D eigenvalue weighted by Gasteiger charge is 2.19. The monoisotopic (exact) mass is 389 g/mol. The number of nitrogens with one attached hydrogen (secondary N) is 1. The molecule has 0 aliphatic heterocycles. The number of aromatic nitrogens is 3. The van der Waals surface area contributed by atoms with Gasteiger partial charge in [0.25, 0.3) is 5.91 Å². The fourth-order valence-electron chi connectivity index (χ4n) is 3.05. The van der Waals surface area contributed by atoms with Crippen LogP contribution < -0.4 is 5.32 Å². The summed E-state index contributed by atoms with van der Waals surface area (Å²) < 4.78 is 0. The lowest BCUT2D eigenvalue weighted by Crippen LogP contribution is -2.29. The first kappa shape index (κ1) is 20.5. The summed E-state index contributed by atoms with van der Waals surface area (Å²) in [7, 11) is 1.79. The highest BCUT2D eigenvalue weighted by molar-refractivity contribution is 5.92. The minimum Gasteiger partial charge on any atom is -0.340 e. The molecule has 3 rings (SSSR count). The second kappa shape index (κ2) is 8.82. The van der Waals surface area contributed by atoms with Crippen LogP contribution in [0.3, 0.4) is 0 Å². The van der Waals surface area contributed by atoms with E-state index in [0.717, 1.165) is 23.2 Å². The summed E-state index contributed by atoms with van der Waals surface area (Å²) in [4.78, 5) is 27.2. The molecule has 0 unspecified atom stereocenters. The van der Waals surface area contributed by atoms with Gasteiger partial charge in [0.1, 0.15) is 5.69 Å². The third-order valence-electron chi connectivity index (χ3n) is 4.69. The maximum atomic E-state index is 12.8. The van der Waals surface area contributed by atoms with Crippen molar-refractivity contribution in [1.82, 2.24) is 19.9 Å². The van der Waals surface area contributed by atoms with Gasteiger partial charge in [0.15, 0.2) is 0 Å². The number of carbonyl (C=O) groups is 1. The van der Waals surface area contributed by atoms with Crippen molar-refractivity contribution in [2.24, 2.45) is 0 Å². The summed E-state index contributed by atoms with van der Waals surface area (Å²) in [6.07, 6.45) is 5.89. The summed E-state index contributed by atoms with van der Waals surface area (Å²) in [5.74, 6) is 0.281. The molecule has 0 saturated carbocycles. The zero-order chi connectivity index (χ0) is 20.9. The quantitative estimate of drug-likeness (QED) is 0.683. The molecule has 2 heterocycles. The lowest BCUT2D eigenvalue weighted by atomic mass is 9.86. The highest BCUT2D eigenvalue weighted by atomic mass is 16.2. The third-order valence-corrected chi connectivity index (χ3v) is 4.69. The van der Waals surface area contributed by atoms with Crippen LogP contribution in [0.4, 0.5) is 11.6 Å². The maximum absolute atomic E-state index is 12.8. The maximum Gasteiger partial charge on any atom is 0.272 e. The number of pyridine rings is 1. The van der Waals surface area contributed by atoms with E-state index in [-0.39, 0.29) is 11.3 Å². The molecular formula is C23H27N5O. The second-order valence-corrected chi connectivity index (χ2v) is 8.02. The molecule has 0 bridgehead atoms. The van der Waals surface area contributed by atoms with E-state index in [2.05, 4.69) is 47.1 Å². The lowest BCUT2D eigenvalue weighted by molar-refractivity contribution is 0.0791. The van der Waals surface area contributed by atoms with Gasteiger partial charge in [0, 0.05) is 37.9 Å². The topological polar surface area (TPSA) is 71.0 Å². The summed E-state index contributed by atoms with van der Waals surface area (Å²) in [5.41, 5.74) is 3.59. The molecule has 6 nitrogen and oxygen atoms in total. The van der Waals surface area contributed by atoms with Crippen LogP contribution in [-0.2, 0) is 11.8 Å². The number of carbonyl (C=O) groups excluding carboxylic acids is 1. The Bertz CT molecular complexity index is 966. The number of hydrogen-bond acceptors (Lipinski definition) is 5. The molecule has 1 N–H and O–H groups in total. The SMILES string of the molecule is CN(CCc1ccncc1)C(=O)c1ccnc(Nc2ccccc2C(C)(C)C)n1. The standard InChI is InChI=1S/C23H27N5O/c1-23(2,3)18-7-5-6-8-19(18)26-22-25-15-11-20(27-22)21(29)28(4)16-12-17-9-13-24-14-10-17/h5-11,13-15H,12,16H2,1-4H3,(H,25,26,27). The molecule has 29 heavy (non-hydrogen) atoms. The van der Waals surface area contributed by atoms with Crippen molar-refractivity contribution in [2.45, 2.75) is 32.6 Å². The predicted molar refractivity (Wildman–Crippen MR) is 115 cm³/mol. The molecule has 0 atom stereocenters. The first-order chi connectivity index (χ1) is 13.8. The first-order valence-corrected chi connectivity index (χ1v) is 9.68. The number of amides is 1. The van der Waals surface area contributed by atoms with E-state index in [1.165, 1.54) is 0 Å². The van der Waals surface area contributed by atoms with Crippen molar-refractivity contribution in [3.8, 4) is 0 Å². The largest absolute Gasteiger partial charge is 0.340 e. The smallest absolute Gasteiger partial charge is 0.272 e. The second-order valence-electron chi connectivity index (χ2n) is 8.02. The van der Waals surface area contributed by atoms with Crippen LogP contribution in [0.1, 0.15) is 42.4 Å². The Morgan fingerprint density at radius 2 is 1.76 bits per heavy atom. The number of benzene rings is 1. The molecule has 2 aromatic heterocycles. The fraction of sp³-hybridized carbons (Fsp3) is 0.304. The Morgan fingerprint density at radius 3 is 2.48 bits per heavy atom. The number of para-hydroxylation sites is 1. The lowest BCUT2D eigenvalue weighted by Gasteiger charge is -2.23. The Labute approximate surface area is 172 Å². The highest BCUT2D eigenvalue weighted by Crippen LogP contribution is 2.30. The minimum absolute atomic E-state index is 0.0236. The number of nitrogens with zero attached hydrogens (tertiary/aromatic N) is 4. The van der Waals surface area contributed by atoms with E-state index < -0.39 is 0 Å². The number of anilines is 2. The van der Waals surface area contributed by atoms with Crippen LogP contribution >= 0.6 is 0 Å². The molecule has 0 spiro atoms. The van der Waals surface area contributed by atoms with Gasteiger partial charge < -0.3 is 10.2 Å². The van der Waals surface area contributed by atoms with E-state index in [1.807, 2.05) is 30.3 Å². The van der Waals surface area contributed by atoms with E-state index in [1.54, 1.807) is 36.6 Å². The normalized spacial score (nSPS) is 11.2. The van der Waals surface area contributed by atoms with Crippen molar-refractivity contribution in [2.75, 3.05) is 18.9 Å². The van der Waals surface area contributed by atoms with Gasteiger partial charge in [-0.2, -0.15) is 0 Å². The third kappa shape index (κ3) is 5.38. The molecule has 1 aromatic carbocycles. The molecule has 0 radical (unpaired) electrons. The average molecular weight is 390 g/mol. The Kier molecular flexibility index (Phi) is 6.22. The van der Waals surface area contributed by atoms with Crippen LogP contribution in [0, 0.1) is 0 Å².